The molecule has 24 heavy (non-hydrogen) atoms. The van der Waals surface area contributed by atoms with Crippen molar-refractivity contribution in [1.29, 1.82) is 0 Å². The molecule has 4 aromatic rings. The highest BCUT2D eigenvalue weighted by atomic mass is 14.7. The van der Waals surface area contributed by atoms with Crippen LogP contribution in [0, 0.1) is 18.8 Å². The maximum absolute atomic E-state index is 3.56. The molecule has 1 N–H and O–H groups in total. The second-order valence-electron chi connectivity index (χ2n) is 5.91. The molecule has 0 aliphatic rings. The van der Waals surface area contributed by atoms with Crippen molar-refractivity contribution in [2.45, 2.75) is 6.92 Å². The van der Waals surface area contributed by atoms with E-state index in [0.717, 1.165) is 27.9 Å². The summed E-state index contributed by atoms with van der Waals surface area (Å²) < 4.78 is 0. The zero-order valence-electron chi connectivity index (χ0n) is 13.5. The minimum absolute atomic E-state index is 1.03. The molecule has 1 aromatic heterocycles. The van der Waals surface area contributed by atoms with Crippen molar-refractivity contribution in [3.63, 3.8) is 0 Å². The second kappa shape index (κ2) is 6.10. The molecule has 0 atom stereocenters. The van der Waals surface area contributed by atoms with Crippen molar-refractivity contribution in [2.24, 2.45) is 0 Å². The minimum atomic E-state index is 1.03. The van der Waals surface area contributed by atoms with E-state index in [0.29, 0.717) is 0 Å². The summed E-state index contributed by atoms with van der Waals surface area (Å²) in [4.78, 5) is 3.56. The van der Waals surface area contributed by atoms with Gasteiger partial charge in [0.2, 0.25) is 0 Å². The predicted molar refractivity (Wildman–Crippen MR) is 101 cm³/mol. The zero-order valence-corrected chi connectivity index (χ0v) is 13.5. The maximum Gasteiger partial charge on any atom is 0.0624 e. The Bertz CT molecular complexity index is 1050. The number of aromatic amines is 1. The Morgan fingerprint density at radius 1 is 0.750 bits per heavy atom. The lowest BCUT2D eigenvalue weighted by Gasteiger charge is -1.99. The van der Waals surface area contributed by atoms with Gasteiger partial charge in [0.05, 0.1) is 11.3 Å². The number of rotatable bonds is 1. The lowest BCUT2D eigenvalue weighted by Crippen LogP contribution is -1.81. The molecule has 0 unspecified atom stereocenters. The van der Waals surface area contributed by atoms with E-state index < -0.39 is 0 Å². The van der Waals surface area contributed by atoms with Crippen LogP contribution in [0.4, 0.5) is 0 Å². The van der Waals surface area contributed by atoms with Crippen molar-refractivity contribution in [3.05, 3.63) is 95.6 Å². The third-order valence-corrected chi connectivity index (χ3v) is 4.12. The standard InChI is InChI=1S/C23H17N/c1-17-12-14-20-21(15-13-18-8-4-2-5-9-18)23(24-22(20)16-17)19-10-6-3-7-11-19/h2-12,14,16,24H,1H3. The number of benzene rings is 3. The number of nitrogens with one attached hydrogen (secondary N) is 1. The first kappa shape index (κ1) is 14.4. The first-order chi connectivity index (χ1) is 11.8. The van der Waals surface area contributed by atoms with Crippen LogP contribution in [0.1, 0.15) is 16.7 Å². The molecule has 3 aromatic carbocycles. The fourth-order valence-corrected chi connectivity index (χ4v) is 2.92. The quantitative estimate of drug-likeness (QED) is 0.444. The van der Waals surface area contributed by atoms with Gasteiger partial charge in [0.1, 0.15) is 0 Å². The Morgan fingerprint density at radius 2 is 1.46 bits per heavy atom. The van der Waals surface area contributed by atoms with E-state index in [1.165, 1.54) is 10.9 Å². The van der Waals surface area contributed by atoms with Crippen molar-refractivity contribution in [3.8, 4) is 23.1 Å². The number of aromatic nitrogens is 1. The van der Waals surface area contributed by atoms with Gasteiger partial charge in [0.25, 0.3) is 0 Å². The van der Waals surface area contributed by atoms with Gasteiger partial charge in [0.15, 0.2) is 0 Å². The fraction of sp³-hybridized carbons (Fsp3) is 0.0435. The van der Waals surface area contributed by atoms with Crippen LogP contribution in [0.25, 0.3) is 22.2 Å². The average Bonchev–Trinajstić information content (AvgIpc) is 2.99. The van der Waals surface area contributed by atoms with Crippen LogP contribution in [-0.4, -0.2) is 4.98 Å². The van der Waals surface area contributed by atoms with E-state index >= 15 is 0 Å². The Balaban J connectivity index is 1.94. The lowest BCUT2D eigenvalue weighted by molar-refractivity contribution is 1.42. The smallest absolute Gasteiger partial charge is 0.0624 e. The summed E-state index contributed by atoms with van der Waals surface area (Å²) >= 11 is 0. The van der Waals surface area contributed by atoms with Crippen LogP contribution in [0.15, 0.2) is 78.9 Å². The minimum Gasteiger partial charge on any atom is -0.353 e. The molecule has 0 fully saturated rings. The molecule has 4 rings (SSSR count). The number of aryl methyl sites for hydroxylation is 1. The van der Waals surface area contributed by atoms with Gasteiger partial charge in [-0.1, -0.05) is 72.5 Å². The monoisotopic (exact) mass is 307 g/mol. The molecule has 1 heterocycles. The predicted octanol–water partition coefficient (Wildman–Crippen LogP) is 5.54. The van der Waals surface area contributed by atoms with E-state index in [4.69, 9.17) is 0 Å². The number of fused-ring (bicyclic) bond motifs is 1. The summed E-state index contributed by atoms with van der Waals surface area (Å²) in [6, 6.07) is 27.0. The van der Waals surface area contributed by atoms with E-state index in [2.05, 4.69) is 66.2 Å². The van der Waals surface area contributed by atoms with Gasteiger partial charge in [-0.2, -0.15) is 0 Å². The second-order valence-corrected chi connectivity index (χ2v) is 5.91. The highest BCUT2D eigenvalue weighted by Gasteiger charge is 2.11. The largest absolute Gasteiger partial charge is 0.353 e. The van der Waals surface area contributed by atoms with Crippen LogP contribution in [0.2, 0.25) is 0 Å². The van der Waals surface area contributed by atoms with Gasteiger partial charge >= 0.3 is 0 Å². The summed E-state index contributed by atoms with van der Waals surface area (Å²) in [6.45, 7) is 2.11. The topological polar surface area (TPSA) is 15.8 Å². The van der Waals surface area contributed by atoms with E-state index in [9.17, 15) is 0 Å². The van der Waals surface area contributed by atoms with Gasteiger partial charge < -0.3 is 4.98 Å². The van der Waals surface area contributed by atoms with Gasteiger partial charge in [-0.3, -0.25) is 0 Å². The average molecular weight is 307 g/mol. The lowest BCUT2D eigenvalue weighted by atomic mass is 10.0. The molecule has 0 saturated heterocycles. The number of H-pyrrole nitrogens is 1. The van der Waals surface area contributed by atoms with E-state index in [1.54, 1.807) is 0 Å². The summed E-state index contributed by atoms with van der Waals surface area (Å²) in [5.74, 6) is 6.68. The number of hydrogen-bond acceptors (Lipinski definition) is 0. The summed E-state index contributed by atoms with van der Waals surface area (Å²) in [7, 11) is 0. The number of hydrogen-bond donors (Lipinski definition) is 1. The normalized spacial score (nSPS) is 10.4. The molecule has 0 amide bonds. The van der Waals surface area contributed by atoms with Gasteiger partial charge in [-0.15, -0.1) is 0 Å². The SMILES string of the molecule is Cc1ccc2c(C#Cc3ccccc3)c(-c3ccccc3)[nH]c2c1. The maximum atomic E-state index is 3.56. The third kappa shape index (κ3) is 2.71. The Kier molecular flexibility index (Phi) is 3.65. The van der Waals surface area contributed by atoms with Crippen molar-refractivity contribution in [1.82, 2.24) is 4.98 Å². The molecule has 0 aliphatic heterocycles. The van der Waals surface area contributed by atoms with Crippen molar-refractivity contribution >= 4 is 10.9 Å². The molecule has 0 saturated carbocycles. The van der Waals surface area contributed by atoms with E-state index in [-0.39, 0.29) is 0 Å². The highest BCUT2D eigenvalue weighted by molar-refractivity contribution is 5.94. The third-order valence-electron chi connectivity index (χ3n) is 4.12. The van der Waals surface area contributed by atoms with Crippen molar-refractivity contribution in [2.75, 3.05) is 0 Å². The van der Waals surface area contributed by atoms with Gasteiger partial charge in [-0.05, 0) is 36.2 Å². The molecule has 1 nitrogen and oxygen atoms in total. The van der Waals surface area contributed by atoms with Crippen LogP contribution in [0.3, 0.4) is 0 Å². The Labute approximate surface area is 142 Å². The Morgan fingerprint density at radius 3 is 2.21 bits per heavy atom. The molecule has 0 spiro atoms. The molecule has 1 heteroatoms. The summed E-state index contributed by atoms with van der Waals surface area (Å²) in [6.07, 6.45) is 0. The van der Waals surface area contributed by atoms with Gasteiger partial charge in [0, 0.05) is 16.5 Å². The van der Waals surface area contributed by atoms with Crippen LogP contribution in [-0.2, 0) is 0 Å². The molecule has 0 aliphatic carbocycles. The molecular weight excluding hydrogens is 290 g/mol. The first-order valence-corrected chi connectivity index (χ1v) is 8.06. The van der Waals surface area contributed by atoms with E-state index in [1.807, 2.05) is 36.4 Å². The zero-order chi connectivity index (χ0) is 16.4. The molecule has 0 bridgehead atoms. The van der Waals surface area contributed by atoms with Crippen LogP contribution in [0.5, 0.6) is 0 Å². The molecule has 0 radical (unpaired) electrons. The Hall–Kier alpha value is -3.24. The summed E-state index contributed by atoms with van der Waals surface area (Å²) in [5.41, 5.74) is 6.69. The molecular formula is C23H17N. The first-order valence-electron chi connectivity index (χ1n) is 8.06. The van der Waals surface area contributed by atoms with Crippen LogP contribution >= 0.6 is 0 Å². The van der Waals surface area contributed by atoms with Gasteiger partial charge in [-0.25, -0.2) is 0 Å². The summed E-state index contributed by atoms with van der Waals surface area (Å²) in [5, 5.41) is 1.17. The van der Waals surface area contributed by atoms with Crippen LogP contribution < -0.4 is 0 Å². The highest BCUT2D eigenvalue weighted by Crippen LogP contribution is 2.30. The van der Waals surface area contributed by atoms with Crippen molar-refractivity contribution < 1.29 is 0 Å². The fourth-order valence-electron chi connectivity index (χ4n) is 2.92. The molecule has 114 valence electrons.